The van der Waals surface area contributed by atoms with Crippen molar-refractivity contribution in [2.75, 3.05) is 52.5 Å². The average Bonchev–Trinajstić information content (AvgIpc) is 2.79. The Hall–Kier alpha value is -2.12. The minimum Gasteiger partial charge on any atom is -0.378 e. The number of carbonyl (C=O) groups excluding carboxylic acids is 2. The van der Waals surface area contributed by atoms with Crippen molar-refractivity contribution in [3.8, 4) is 0 Å². The van der Waals surface area contributed by atoms with Gasteiger partial charge >= 0.3 is 6.03 Å². The smallest absolute Gasteiger partial charge is 0.314 e. The van der Waals surface area contributed by atoms with Gasteiger partial charge in [-0.1, -0.05) is 30.3 Å². The number of likely N-dealkylation sites (tertiary alicyclic amines) is 1. The maximum absolute atomic E-state index is 13.1. The number of piperidine rings is 1. The fraction of sp³-hybridized carbons (Fsp3) is 0.652. The van der Waals surface area contributed by atoms with Crippen molar-refractivity contribution in [1.82, 2.24) is 20.4 Å². The van der Waals surface area contributed by atoms with Crippen molar-refractivity contribution in [3.05, 3.63) is 35.9 Å². The average molecular weight is 417 g/mol. The summed E-state index contributed by atoms with van der Waals surface area (Å²) in [7, 11) is 0. The molecule has 7 nitrogen and oxygen atoms in total. The Labute approximate surface area is 180 Å². The Morgan fingerprint density at radius 2 is 1.83 bits per heavy atom. The minimum absolute atomic E-state index is 0.0460. The van der Waals surface area contributed by atoms with Gasteiger partial charge < -0.3 is 25.2 Å². The summed E-state index contributed by atoms with van der Waals surface area (Å²) < 4.78 is 5.37. The van der Waals surface area contributed by atoms with Gasteiger partial charge in [0.25, 0.3) is 0 Å². The summed E-state index contributed by atoms with van der Waals surface area (Å²) >= 11 is 0. The number of carbonyl (C=O) groups is 2. The monoisotopic (exact) mass is 416 g/mol. The molecule has 2 fully saturated rings. The molecule has 0 saturated carbocycles. The van der Waals surface area contributed by atoms with Gasteiger partial charge in [0.05, 0.1) is 19.1 Å². The first kappa shape index (κ1) is 22.6. The summed E-state index contributed by atoms with van der Waals surface area (Å²) in [4.78, 5) is 29.9. The lowest BCUT2D eigenvalue weighted by molar-refractivity contribution is -0.136. The lowest BCUT2D eigenvalue weighted by atomic mass is 9.97. The molecule has 2 saturated heterocycles. The van der Waals surface area contributed by atoms with Crippen LogP contribution in [0.3, 0.4) is 0 Å². The van der Waals surface area contributed by atoms with E-state index in [2.05, 4.69) is 29.4 Å². The summed E-state index contributed by atoms with van der Waals surface area (Å²) in [5.74, 6) is 0.137. The highest BCUT2D eigenvalue weighted by Gasteiger charge is 2.28. The van der Waals surface area contributed by atoms with Crippen LogP contribution in [0.5, 0.6) is 0 Å². The van der Waals surface area contributed by atoms with E-state index in [-0.39, 0.29) is 24.4 Å². The number of amides is 3. The number of hydrogen-bond acceptors (Lipinski definition) is 4. The van der Waals surface area contributed by atoms with Crippen LogP contribution in [-0.4, -0.2) is 80.3 Å². The van der Waals surface area contributed by atoms with Crippen LogP contribution >= 0.6 is 0 Å². The molecule has 0 aliphatic carbocycles. The van der Waals surface area contributed by atoms with Gasteiger partial charge in [-0.3, -0.25) is 4.79 Å². The number of rotatable bonds is 7. The van der Waals surface area contributed by atoms with E-state index in [1.165, 1.54) is 6.42 Å². The largest absolute Gasteiger partial charge is 0.378 e. The van der Waals surface area contributed by atoms with Gasteiger partial charge in [0.15, 0.2) is 0 Å². The Kier molecular flexibility index (Phi) is 8.51. The molecule has 166 valence electrons. The van der Waals surface area contributed by atoms with Crippen LogP contribution in [0.1, 0.15) is 38.2 Å². The van der Waals surface area contributed by atoms with E-state index < -0.39 is 0 Å². The number of nitrogens with one attached hydrogen (secondary N) is 2. The molecule has 0 bridgehead atoms. The molecule has 1 aromatic carbocycles. The molecule has 2 aliphatic heterocycles. The summed E-state index contributed by atoms with van der Waals surface area (Å²) in [6.07, 6.45) is 2.32. The van der Waals surface area contributed by atoms with Gasteiger partial charge in [0.1, 0.15) is 0 Å². The van der Waals surface area contributed by atoms with Crippen molar-refractivity contribution >= 4 is 11.9 Å². The second-order valence-corrected chi connectivity index (χ2v) is 8.59. The molecule has 2 heterocycles. The topological polar surface area (TPSA) is 73.9 Å². The fourth-order valence-corrected chi connectivity index (χ4v) is 4.26. The standard InChI is InChI=1S/C23H36N4O3/c1-18(2)27-10-6-7-19(17-27)15-24-23(29)25-16-21(20-8-4-3-5-9-20)22(28)26-11-13-30-14-12-26/h3-5,8-9,18-19,21H,6-7,10-17H2,1-2H3,(H2,24,25,29). The highest BCUT2D eigenvalue weighted by atomic mass is 16.5. The van der Waals surface area contributed by atoms with Gasteiger partial charge in [-0.15, -0.1) is 0 Å². The summed E-state index contributed by atoms with van der Waals surface area (Å²) in [5, 5.41) is 5.95. The van der Waals surface area contributed by atoms with Crippen molar-refractivity contribution in [2.45, 2.75) is 38.6 Å². The van der Waals surface area contributed by atoms with Gasteiger partial charge in [-0.25, -0.2) is 4.79 Å². The molecular formula is C23H36N4O3. The van der Waals surface area contributed by atoms with Crippen molar-refractivity contribution < 1.29 is 14.3 Å². The Morgan fingerprint density at radius 3 is 2.53 bits per heavy atom. The number of benzene rings is 1. The first-order chi connectivity index (χ1) is 14.5. The third-order valence-corrected chi connectivity index (χ3v) is 6.12. The number of ether oxygens (including phenoxy) is 1. The molecule has 2 aliphatic rings. The van der Waals surface area contributed by atoms with Crippen molar-refractivity contribution in [2.24, 2.45) is 5.92 Å². The molecule has 3 rings (SSSR count). The second kappa shape index (κ2) is 11.3. The highest BCUT2D eigenvalue weighted by molar-refractivity contribution is 5.85. The minimum atomic E-state index is -0.388. The molecule has 0 spiro atoms. The van der Waals surface area contributed by atoms with Crippen LogP contribution < -0.4 is 10.6 Å². The molecule has 2 N–H and O–H groups in total. The second-order valence-electron chi connectivity index (χ2n) is 8.59. The molecule has 30 heavy (non-hydrogen) atoms. The van der Waals surface area contributed by atoms with Crippen molar-refractivity contribution in [1.29, 1.82) is 0 Å². The van der Waals surface area contributed by atoms with Crippen molar-refractivity contribution in [3.63, 3.8) is 0 Å². The maximum atomic E-state index is 13.1. The van der Waals surface area contributed by atoms with Crippen LogP contribution in [-0.2, 0) is 9.53 Å². The van der Waals surface area contributed by atoms with E-state index in [0.717, 1.165) is 25.1 Å². The number of morpholine rings is 1. The predicted octanol–water partition coefficient (Wildman–Crippen LogP) is 2.05. The van der Waals surface area contributed by atoms with Crippen LogP contribution in [0.2, 0.25) is 0 Å². The lowest BCUT2D eigenvalue weighted by Gasteiger charge is -2.35. The lowest BCUT2D eigenvalue weighted by Crippen LogP contribution is -2.48. The zero-order valence-electron chi connectivity index (χ0n) is 18.3. The van der Waals surface area contributed by atoms with E-state index in [0.29, 0.717) is 44.8 Å². The third-order valence-electron chi connectivity index (χ3n) is 6.12. The number of hydrogen-bond donors (Lipinski definition) is 2. The summed E-state index contributed by atoms with van der Waals surface area (Å²) in [6.45, 7) is 9.90. The molecule has 0 radical (unpaired) electrons. The molecule has 0 aromatic heterocycles. The molecule has 2 atom stereocenters. The quantitative estimate of drug-likeness (QED) is 0.714. The summed E-state index contributed by atoms with van der Waals surface area (Å²) in [5.41, 5.74) is 0.925. The van der Waals surface area contributed by atoms with Gasteiger partial charge in [-0.05, 0) is 44.7 Å². The number of urea groups is 1. The van der Waals surface area contributed by atoms with E-state index in [9.17, 15) is 9.59 Å². The summed E-state index contributed by atoms with van der Waals surface area (Å²) in [6, 6.07) is 10.0. The zero-order valence-corrected chi connectivity index (χ0v) is 18.3. The Bertz CT molecular complexity index is 676. The van der Waals surface area contributed by atoms with E-state index in [1.54, 1.807) is 0 Å². The van der Waals surface area contributed by atoms with Gasteiger partial charge in [-0.2, -0.15) is 0 Å². The predicted molar refractivity (Wildman–Crippen MR) is 117 cm³/mol. The van der Waals surface area contributed by atoms with E-state index >= 15 is 0 Å². The zero-order chi connectivity index (χ0) is 21.3. The Morgan fingerprint density at radius 1 is 1.10 bits per heavy atom. The fourth-order valence-electron chi connectivity index (χ4n) is 4.26. The Balaban J connectivity index is 1.52. The normalized spacial score (nSPS) is 21.3. The van der Waals surface area contributed by atoms with Crippen LogP contribution in [0, 0.1) is 5.92 Å². The molecule has 7 heteroatoms. The first-order valence-corrected chi connectivity index (χ1v) is 11.2. The van der Waals surface area contributed by atoms with Crippen LogP contribution in [0.15, 0.2) is 30.3 Å². The number of nitrogens with zero attached hydrogens (tertiary/aromatic N) is 2. The van der Waals surface area contributed by atoms with Crippen LogP contribution in [0.25, 0.3) is 0 Å². The van der Waals surface area contributed by atoms with Crippen LogP contribution in [0.4, 0.5) is 4.79 Å². The highest BCUT2D eigenvalue weighted by Crippen LogP contribution is 2.19. The maximum Gasteiger partial charge on any atom is 0.314 e. The molecular weight excluding hydrogens is 380 g/mol. The molecule has 2 unspecified atom stereocenters. The molecule has 3 amide bonds. The van der Waals surface area contributed by atoms with Gasteiger partial charge in [0, 0.05) is 38.8 Å². The SMILES string of the molecule is CC(C)N1CCCC(CNC(=O)NCC(C(=O)N2CCOCC2)c2ccccc2)C1. The van der Waals surface area contributed by atoms with Gasteiger partial charge in [0.2, 0.25) is 5.91 Å². The third kappa shape index (κ3) is 6.44. The first-order valence-electron chi connectivity index (χ1n) is 11.2. The van der Waals surface area contributed by atoms with E-state index in [4.69, 9.17) is 4.74 Å². The van der Waals surface area contributed by atoms with E-state index in [1.807, 2.05) is 35.2 Å². The molecule has 1 aromatic rings.